The Balaban J connectivity index is 1.87. The standard InChI is InChI=1S/C20H24N2O3/c1-14(2)17-12-22(13-18(25-17)15-7-5-4-6-8-15)20(24)16-9-10-19(23)21(3)11-16/h4-11,14,17-18H,12-13H2,1-3H3/t17-,18+/m1/s1. The van der Waals surface area contributed by atoms with Gasteiger partial charge in [-0.25, -0.2) is 0 Å². The van der Waals surface area contributed by atoms with E-state index in [0.717, 1.165) is 5.56 Å². The lowest BCUT2D eigenvalue weighted by Gasteiger charge is -2.40. The number of aryl methyl sites for hydroxylation is 1. The van der Waals surface area contributed by atoms with E-state index in [1.807, 2.05) is 35.2 Å². The summed E-state index contributed by atoms with van der Waals surface area (Å²) in [5.41, 5.74) is 1.48. The molecule has 25 heavy (non-hydrogen) atoms. The number of carbonyl (C=O) groups excluding carboxylic acids is 1. The number of hydrogen-bond acceptors (Lipinski definition) is 3. The summed E-state index contributed by atoms with van der Waals surface area (Å²) in [6.07, 6.45) is 1.44. The molecule has 2 heterocycles. The number of pyridine rings is 1. The maximum Gasteiger partial charge on any atom is 0.255 e. The Morgan fingerprint density at radius 3 is 2.48 bits per heavy atom. The number of rotatable bonds is 3. The molecule has 0 aliphatic carbocycles. The summed E-state index contributed by atoms with van der Waals surface area (Å²) in [5, 5.41) is 0. The smallest absolute Gasteiger partial charge is 0.255 e. The van der Waals surface area contributed by atoms with Crippen LogP contribution in [0.25, 0.3) is 0 Å². The Labute approximate surface area is 147 Å². The second-order valence-electron chi connectivity index (χ2n) is 6.89. The van der Waals surface area contributed by atoms with Gasteiger partial charge in [0.1, 0.15) is 6.10 Å². The molecule has 1 aromatic carbocycles. The van der Waals surface area contributed by atoms with Gasteiger partial charge in [-0.05, 0) is 17.5 Å². The average molecular weight is 340 g/mol. The predicted octanol–water partition coefficient (Wildman–Crippen LogP) is 2.62. The molecule has 5 nitrogen and oxygen atoms in total. The maximum absolute atomic E-state index is 13.0. The fraction of sp³-hybridized carbons (Fsp3) is 0.400. The average Bonchev–Trinajstić information content (AvgIpc) is 2.63. The van der Waals surface area contributed by atoms with E-state index in [-0.39, 0.29) is 23.7 Å². The molecule has 0 bridgehead atoms. The number of aromatic nitrogens is 1. The minimum absolute atomic E-state index is 0.0181. The minimum Gasteiger partial charge on any atom is -0.366 e. The van der Waals surface area contributed by atoms with Crippen molar-refractivity contribution in [2.24, 2.45) is 13.0 Å². The summed E-state index contributed by atoms with van der Waals surface area (Å²) in [6, 6.07) is 13.0. The lowest BCUT2D eigenvalue weighted by molar-refractivity contribution is -0.0954. The second-order valence-corrected chi connectivity index (χ2v) is 6.89. The number of carbonyl (C=O) groups is 1. The highest BCUT2D eigenvalue weighted by molar-refractivity contribution is 5.94. The third-order valence-corrected chi connectivity index (χ3v) is 4.66. The number of morpholine rings is 1. The van der Waals surface area contributed by atoms with Crippen molar-refractivity contribution < 1.29 is 9.53 Å². The molecule has 3 rings (SSSR count). The first-order chi connectivity index (χ1) is 12.0. The summed E-state index contributed by atoms with van der Waals surface area (Å²) >= 11 is 0. The van der Waals surface area contributed by atoms with Gasteiger partial charge >= 0.3 is 0 Å². The topological polar surface area (TPSA) is 51.5 Å². The number of amides is 1. The molecule has 2 aromatic rings. The van der Waals surface area contributed by atoms with E-state index >= 15 is 0 Å². The van der Waals surface area contributed by atoms with E-state index in [1.165, 1.54) is 10.6 Å². The number of benzene rings is 1. The van der Waals surface area contributed by atoms with Crippen LogP contribution in [0.2, 0.25) is 0 Å². The van der Waals surface area contributed by atoms with Crippen molar-refractivity contribution in [2.75, 3.05) is 13.1 Å². The number of ether oxygens (including phenoxy) is 1. The van der Waals surface area contributed by atoms with Gasteiger partial charge in [0.05, 0.1) is 18.2 Å². The molecule has 1 saturated heterocycles. The van der Waals surface area contributed by atoms with Crippen LogP contribution in [0.4, 0.5) is 0 Å². The van der Waals surface area contributed by atoms with Gasteiger partial charge in [-0.1, -0.05) is 44.2 Å². The van der Waals surface area contributed by atoms with Gasteiger partial charge in [-0.3, -0.25) is 9.59 Å². The van der Waals surface area contributed by atoms with Crippen molar-refractivity contribution in [3.63, 3.8) is 0 Å². The molecule has 5 heteroatoms. The Morgan fingerprint density at radius 1 is 1.12 bits per heavy atom. The fourth-order valence-corrected chi connectivity index (χ4v) is 3.08. The molecule has 0 saturated carbocycles. The molecular weight excluding hydrogens is 316 g/mol. The monoisotopic (exact) mass is 340 g/mol. The molecule has 132 valence electrons. The molecule has 1 aliphatic rings. The van der Waals surface area contributed by atoms with Gasteiger partial charge in [0.25, 0.3) is 5.91 Å². The SMILES string of the molecule is CC(C)[C@H]1CN(C(=O)c2ccc(=O)n(C)c2)C[C@@H](c2ccccc2)O1. The first kappa shape index (κ1) is 17.4. The summed E-state index contributed by atoms with van der Waals surface area (Å²) in [4.78, 5) is 26.4. The van der Waals surface area contributed by atoms with Crippen molar-refractivity contribution in [1.82, 2.24) is 9.47 Å². The van der Waals surface area contributed by atoms with Crippen LogP contribution in [-0.2, 0) is 11.8 Å². The van der Waals surface area contributed by atoms with Gasteiger partial charge in [-0.2, -0.15) is 0 Å². The van der Waals surface area contributed by atoms with E-state index in [4.69, 9.17) is 4.74 Å². The normalized spacial score (nSPS) is 20.7. The van der Waals surface area contributed by atoms with Gasteiger partial charge in [0.2, 0.25) is 5.56 Å². The van der Waals surface area contributed by atoms with Gasteiger partial charge in [0, 0.05) is 25.9 Å². The fourth-order valence-electron chi connectivity index (χ4n) is 3.08. The predicted molar refractivity (Wildman–Crippen MR) is 96.5 cm³/mol. The van der Waals surface area contributed by atoms with Gasteiger partial charge < -0.3 is 14.2 Å². The molecule has 0 radical (unpaired) electrons. The molecule has 1 amide bonds. The van der Waals surface area contributed by atoms with Crippen molar-refractivity contribution >= 4 is 5.91 Å². The van der Waals surface area contributed by atoms with Crippen LogP contribution < -0.4 is 5.56 Å². The highest BCUT2D eigenvalue weighted by Gasteiger charge is 2.33. The lowest BCUT2D eigenvalue weighted by atomic mass is 10.0. The van der Waals surface area contributed by atoms with E-state index in [2.05, 4.69) is 13.8 Å². The van der Waals surface area contributed by atoms with Crippen LogP contribution in [0.5, 0.6) is 0 Å². The Kier molecular flexibility index (Phi) is 5.04. The molecule has 0 unspecified atom stereocenters. The van der Waals surface area contributed by atoms with Gasteiger partial charge in [0.15, 0.2) is 0 Å². The maximum atomic E-state index is 13.0. The van der Waals surface area contributed by atoms with E-state index in [9.17, 15) is 9.59 Å². The summed E-state index contributed by atoms with van der Waals surface area (Å²) in [7, 11) is 1.65. The Morgan fingerprint density at radius 2 is 1.84 bits per heavy atom. The van der Waals surface area contributed by atoms with Crippen LogP contribution in [-0.4, -0.2) is 34.6 Å². The van der Waals surface area contributed by atoms with Crippen molar-refractivity contribution in [3.8, 4) is 0 Å². The Hall–Kier alpha value is -2.40. The summed E-state index contributed by atoms with van der Waals surface area (Å²) < 4.78 is 7.68. The van der Waals surface area contributed by atoms with Crippen molar-refractivity contribution in [2.45, 2.75) is 26.1 Å². The van der Waals surface area contributed by atoms with E-state index in [0.29, 0.717) is 24.6 Å². The van der Waals surface area contributed by atoms with Crippen LogP contribution in [0.15, 0.2) is 53.5 Å². The molecule has 0 spiro atoms. The molecular formula is C20H24N2O3. The zero-order valence-electron chi connectivity index (χ0n) is 14.9. The first-order valence-corrected chi connectivity index (χ1v) is 8.62. The number of nitrogens with zero attached hydrogens (tertiary/aromatic N) is 2. The van der Waals surface area contributed by atoms with E-state index in [1.54, 1.807) is 19.3 Å². The zero-order valence-corrected chi connectivity index (χ0v) is 14.9. The largest absolute Gasteiger partial charge is 0.366 e. The van der Waals surface area contributed by atoms with Crippen LogP contribution in [0, 0.1) is 5.92 Å². The summed E-state index contributed by atoms with van der Waals surface area (Å²) in [5.74, 6) is 0.243. The lowest BCUT2D eigenvalue weighted by Crippen LogP contribution is -2.48. The second kappa shape index (κ2) is 7.23. The van der Waals surface area contributed by atoms with Crippen molar-refractivity contribution in [3.05, 3.63) is 70.1 Å². The third-order valence-electron chi connectivity index (χ3n) is 4.66. The number of hydrogen-bond donors (Lipinski definition) is 0. The molecule has 1 fully saturated rings. The molecule has 0 N–H and O–H groups in total. The highest BCUT2D eigenvalue weighted by atomic mass is 16.5. The molecule has 1 aliphatic heterocycles. The molecule has 2 atom stereocenters. The van der Waals surface area contributed by atoms with Crippen LogP contribution in [0.3, 0.4) is 0 Å². The van der Waals surface area contributed by atoms with Crippen LogP contribution >= 0.6 is 0 Å². The quantitative estimate of drug-likeness (QED) is 0.863. The zero-order chi connectivity index (χ0) is 18.0. The third kappa shape index (κ3) is 3.82. The minimum atomic E-state index is -0.140. The van der Waals surface area contributed by atoms with Gasteiger partial charge in [-0.15, -0.1) is 0 Å². The first-order valence-electron chi connectivity index (χ1n) is 8.62. The summed E-state index contributed by atoms with van der Waals surface area (Å²) in [6.45, 7) is 5.28. The van der Waals surface area contributed by atoms with Crippen molar-refractivity contribution in [1.29, 1.82) is 0 Å². The molecule has 1 aromatic heterocycles. The highest BCUT2D eigenvalue weighted by Crippen LogP contribution is 2.28. The Bertz CT molecular complexity index is 798. The van der Waals surface area contributed by atoms with Crippen LogP contribution in [0.1, 0.15) is 35.9 Å². The van der Waals surface area contributed by atoms with E-state index < -0.39 is 0 Å².